The first-order chi connectivity index (χ1) is 10.4. The van der Waals surface area contributed by atoms with E-state index in [1.54, 1.807) is 43.0 Å². The lowest BCUT2D eigenvalue weighted by Gasteiger charge is -2.13. The highest BCUT2D eigenvalue weighted by atomic mass is 35.5. The molecule has 6 nitrogen and oxygen atoms in total. The fourth-order valence-corrected chi connectivity index (χ4v) is 3.39. The molecule has 0 unspecified atom stereocenters. The number of rotatable bonds is 9. The molecule has 1 aromatic carbocycles. The van der Waals surface area contributed by atoms with Crippen LogP contribution in [0.2, 0.25) is 0 Å². The van der Waals surface area contributed by atoms with Crippen LogP contribution in [0.4, 0.5) is 11.4 Å². The van der Waals surface area contributed by atoms with Gasteiger partial charge >= 0.3 is 0 Å². The van der Waals surface area contributed by atoms with E-state index < -0.39 is 16.1 Å². The molecule has 4 N–H and O–H groups in total. The van der Waals surface area contributed by atoms with Gasteiger partial charge in [0.05, 0.1) is 17.5 Å². The zero-order chi connectivity index (χ0) is 16.6. The van der Waals surface area contributed by atoms with E-state index in [-0.39, 0.29) is 24.1 Å². The van der Waals surface area contributed by atoms with Crippen LogP contribution >= 0.6 is 24.2 Å². The molecule has 23 heavy (non-hydrogen) atoms. The summed E-state index contributed by atoms with van der Waals surface area (Å²) in [6.45, 7) is 1.80. The fraction of sp³-hybridized carbons (Fsp3) is 0.500. The lowest BCUT2D eigenvalue weighted by molar-refractivity contribution is -0.117. The number of carbonyl (C=O) groups is 1. The third kappa shape index (κ3) is 8.45. The van der Waals surface area contributed by atoms with E-state index >= 15 is 0 Å². The highest BCUT2D eigenvalue weighted by Gasteiger charge is 2.14. The molecule has 0 heterocycles. The van der Waals surface area contributed by atoms with Gasteiger partial charge in [0, 0.05) is 5.69 Å². The molecule has 0 radical (unpaired) electrons. The van der Waals surface area contributed by atoms with E-state index in [0.717, 1.165) is 5.75 Å². The van der Waals surface area contributed by atoms with Gasteiger partial charge in [0.1, 0.15) is 0 Å². The summed E-state index contributed by atoms with van der Waals surface area (Å²) < 4.78 is 26.0. The van der Waals surface area contributed by atoms with Gasteiger partial charge in [-0.3, -0.25) is 9.52 Å². The summed E-state index contributed by atoms with van der Waals surface area (Å²) >= 11 is 1.63. The van der Waals surface area contributed by atoms with Gasteiger partial charge in [0.15, 0.2) is 0 Å². The summed E-state index contributed by atoms with van der Waals surface area (Å²) in [5, 5.41) is 2.70. The molecule has 0 aliphatic carbocycles. The largest absolute Gasteiger partial charge is 0.325 e. The number of hydrogen-bond acceptors (Lipinski definition) is 5. The van der Waals surface area contributed by atoms with Gasteiger partial charge in [0.25, 0.3) is 0 Å². The van der Waals surface area contributed by atoms with Crippen LogP contribution in [0.5, 0.6) is 0 Å². The number of hydrogen-bond donors (Lipinski definition) is 3. The Balaban J connectivity index is 0.00000484. The first kappa shape index (κ1) is 22.0. The second-order valence-electron chi connectivity index (χ2n) is 4.88. The topological polar surface area (TPSA) is 101 Å². The van der Waals surface area contributed by atoms with Crippen molar-refractivity contribution in [2.75, 3.05) is 27.8 Å². The minimum Gasteiger partial charge on any atom is -0.325 e. The molecule has 1 aromatic rings. The minimum atomic E-state index is -3.35. The molecular weight excluding hydrogens is 358 g/mol. The Kier molecular flexibility index (Phi) is 10.3. The summed E-state index contributed by atoms with van der Waals surface area (Å²) in [7, 11) is -3.35. The first-order valence-corrected chi connectivity index (χ1v) is 10.1. The Bertz CT molecular complexity index is 597. The van der Waals surface area contributed by atoms with Crippen LogP contribution in [0.15, 0.2) is 24.3 Å². The summed E-state index contributed by atoms with van der Waals surface area (Å²) in [5.74, 6) is 0.594. The Morgan fingerprint density at radius 3 is 2.61 bits per heavy atom. The number of carbonyl (C=O) groups excluding carboxylic acids is 1. The molecule has 0 aromatic heterocycles. The van der Waals surface area contributed by atoms with Crippen molar-refractivity contribution in [3.05, 3.63) is 24.3 Å². The number of thioether (sulfide) groups is 1. The van der Waals surface area contributed by atoms with Crippen LogP contribution in [-0.4, -0.2) is 38.1 Å². The summed E-state index contributed by atoms with van der Waals surface area (Å²) in [5.41, 5.74) is 6.73. The number of nitrogens with one attached hydrogen (secondary N) is 2. The van der Waals surface area contributed by atoms with Crippen LogP contribution in [0.25, 0.3) is 0 Å². The van der Waals surface area contributed by atoms with Gasteiger partial charge in [-0.05, 0) is 43.0 Å². The number of halogens is 1. The Morgan fingerprint density at radius 2 is 2.00 bits per heavy atom. The van der Waals surface area contributed by atoms with Crippen molar-refractivity contribution in [1.29, 1.82) is 0 Å². The van der Waals surface area contributed by atoms with Gasteiger partial charge in [0.2, 0.25) is 15.9 Å². The predicted octanol–water partition coefficient (Wildman–Crippen LogP) is 2.28. The Hall–Kier alpha value is -0.960. The zero-order valence-electron chi connectivity index (χ0n) is 13.2. The van der Waals surface area contributed by atoms with Gasteiger partial charge < -0.3 is 11.1 Å². The number of nitrogens with two attached hydrogens (primary N) is 1. The molecule has 0 saturated carbocycles. The highest BCUT2D eigenvalue weighted by molar-refractivity contribution is 7.98. The number of anilines is 2. The second kappa shape index (κ2) is 10.7. The van der Waals surface area contributed by atoms with Gasteiger partial charge in [-0.15, -0.1) is 12.4 Å². The van der Waals surface area contributed by atoms with Gasteiger partial charge in [-0.2, -0.15) is 11.8 Å². The van der Waals surface area contributed by atoms with E-state index in [2.05, 4.69) is 10.0 Å². The number of benzene rings is 1. The van der Waals surface area contributed by atoms with Crippen LogP contribution in [0, 0.1) is 0 Å². The summed E-state index contributed by atoms with van der Waals surface area (Å²) in [4.78, 5) is 11.9. The van der Waals surface area contributed by atoms with Crippen molar-refractivity contribution in [2.24, 2.45) is 5.73 Å². The first-order valence-electron chi connectivity index (χ1n) is 7.04. The van der Waals surface area contributed by atoms with E-state index in [1.807, 2.05) is 6.26 Å². The minimum absolute atomic E-state index is 0. The van der Waals surface area contributed by atoms with E-state index in [1.165, 1.54) is 0 Å². The monoisotopic (exact) mass is 381 g/mol. The molecule has 132 valence electrons. The van der Waals surface area contributed by atoms with Gasteiger partial charge in [-0.1, -0.05) is 13.0 Å². The molecule has 1 atom stereocenters. The predicted molar refractivity (Wildman–Crippen MR) is 101 cm³/mol. The molecule has 0 fully saturated rings. The smallest absolute Gasteiger partial charge is 0.241 e. The molecule has 1 rings (SSSR count). The zero-order valence-corrected chi connectivity index (χ0v) is 15.7. The van der Waals surface area contributed by atoms with Crippen molar-refractivity contribution < 1.29 is 13.2 Å². The van der Waals surface area contributed by atoms with Crippen LogP contribution < -0.4 is 15.8 Å². The van der Waals surface area contributed by atoms with Crippen molar-refractivity contribution >= 4 is 51.5 Å². The maximum Gasteiger partial charge on any atom is 0.241 e. The Labute approximate surface area is 148 Å². The van der Waals surface area contributed by atoms with E-state index in [4.69, 9.17) is 5.73 Å². The van der Waals surface area contributed by atoms with Crippen LogP contribution in [-0.2, 0) is 14.8 Å². The lowest BCUT2D eigenvalue weighted by atomic mass is 10.2. The van der Waals surface area contributed by atoms with Crippen molar-refractivity contribution in [2.45, 2.75) is 25.8 Å². The standard InChI is InChI=1S/C14H23N3O3S2.ClH/c1-3-9-22(19,20)17-12-6-4-5-11(10-12)16-14(18)13(15)7-8-21-2;/h4-6,10,13,17H,3,7-9,15H2,1-2H3,(H,16,18);1H/t13-;/m0./s1. The third-order valence-electron chi connectivity index (χ3n) is 2.85. The molecular formula is C14H24ClN3O3S2. The average Bonchev–Trinajstić information content (AvgIpc) is 2.44. The van der Waals surface area contributed by atoms with E-state index in [0.29, 0.717) is 24.2 Å². The average molecular weight is 382 g/mol. The highest BCUT2D eigenvalue weighted by Crippen LogP contribution is 2.17. The summed E-state index contributed by atoms with van der Waals surface area (Å²) in [6.07, 6.45) is 3.09. The molecule has 1 amide bonds. The molecule has 9 heteroatoms. The molecule has 0 saturated heterocycles. The molecule has 0 aliphatic rings. The van der Waals surface area contributed by atoms with Crippen molar-refractivity contribution in [1.82, 2.24) is 0 Å². The second-order valence-corrected chi connectivity index (χ2v) is 7.71. The maximum atomic E-state index is 11.9. The maximum absolute atomic E-state index is 11.9. The quantitative estimate of drug-likeness (QED) is 0.609. The fourth-order valence-electron chi connectivity index (χ4n) is 1.77. The SMILES string of the molecule is CCCS(=O)(=O)Nc1cccc(NC(=O)[C@@H](N)CCSC)c1.Cl. The molecule has 0 spiro atoms. The van der Waals surface area contributed by atoms with Crippen molar-refractivity contribution in [3.8, 4) is 0 Å². The molecule has 0 bridgehead atoms. The van der Waals surface area contributed by atoms with Crippen LogP contribution in [0.1, 0.15) is 19.8 Å². The number of amides is 1. The lowest BCUT2D eigenvalue weighted by Crippen LogP contribution is -2.36. The van der Waals surface area contributed by atoms with Crippen molar-refractivity contribution in [3.63, 3.8) is 0 Å². The van der Waals surface area contributed by atoms with Crippen LogP contribution in [0.3, 0.4) is 0 Å². The normalized spacial score (nSPS) is 12.1. The summed E-state index contributed by atoms with van der Waals surface area (Å²) in [6, 6.07) is 6.00. The molecule has 0 aliphatic heterocycles. The van der Waals surface area contributed by atoms with Gasteiger partial charge in [-0.25, -0.2) is 8.42 Å². The van der Waals surface area contributed by atoms with E-state index in [9.17, 15) is 13.2 Å². The Morgan fingerprint density at radius 1 is 1.35 bits per heavy atom. The third-order valence-corrected chi connectivity index (χ3v) is 4.98. The number of sulfonamides is 1.